The number of halogens is 3. The second-order valence-electron chi connectivity index (χ2n) is 8.90. The molecule has 1 unspecified atom stereocenters. The van der Waals surface area contributed by atoms with Gasteiger partial charge < -0.3 is 24.2 Å². The van der Waals surface area contributed by atoms with Gasteiger partial charge in [-0.05, 0) is 46.2 Å². The van der Waals surface area contributed by atoms with Crippen LogP contribution in [0, 0.1) is 5.41 Å². The normalized spacial score (nSPS) is 16.9. The van der Waals surface area contributed by atoms with Gasteiger partial charge in [-0.25, -0.2) is 9.59 Å². The number of benzene rings is 1. The molecular formula is C24H28F3NO7. The molecule has 1 aliphatic heterocycles. The topological polar surface area (TPSA) is 102 Å². The van der Waals surface area contributed by atoms with Crippen LogP contribution in [-0.4, -0.2) is 48.5 Å². The summed E-state index contributed by atoms with van der Waals surface area (Å²) in [5.41, 5.74) is -2.93. The van der Waals surface area contributed by atoms with Crippen molar-refractivity contribution in [2.75, 3.05) is 20.6 Å². The molecule has 0 aromatic heterocycles. The number of alkyl halides is 3. The first-order chi connectivity index (χ1) is 16.1. The third-order valence-corrected chi connectivity index (χ3v) is 5.44. The number of methoxy groups -OCH3 is 1. The molecule has 1 aromatic carbocycles. The molecule has 1 atom stereocenters. The van der Waals surface area contributed by atoms with E-state index in [1.165, 1.54) is 38.0 Å². The van der Waals surface area contributed by atoms with Gasteiger partial charge in [-0.3, -0.25) is 4.79 Å². The molecule has 35 heavy (non-hydrogen) atoms. The number of hydrogen-bond donors (Lipinski definition) is 1. The van der Waals surface area contributed by atoms with E-state index in [1.54, 1.807) is 20.8 Å². The second kappa shape index (κ2) is 10.5. The number of nitrogens with zero attached hydrogens (tertiary/aromatic N) is 1. The van der Waals surface area contributed by atoms with Gasteiger partial charge >= 0.3 is 24.1 Å². The maximum absolute atomic E-state index is 13.9. The van der Waals surface area contributed by atoms with Gasteiger partial charge in [-0.2, -0.15) is 13.2 Å². The number of ether oxygens (including phenoxy) is 3. The fraction of sp³-hybridized carbons (Fsp3) is 0.458. The molecule has 0 aliphatic carbocycles. The van der Waals surface area contributed by atoms with Gasteiger partial charge in [0.1, 0.15) is 6.73 Å². The van der Waals surface area contributed by atoms with Gasteiger partial charge in [0.05, 0.1) is 28.0 Å². The molecule has 0 spiro atoms. The minimum atomic E-state index is -4.82. The van der Waals surface area contributed by atoms with Crippen LogP contribution in [0.3, 0.4) is 0 Å². The molecule has 0 radical (unpaired) electrons. The van der Waals surface area contributed by atoms with E-state index in [2.05, 4.69) is 0 Å². The lowest BCUT2D eigenvalue weighted by Gasteiger charge is -2.37. The number of esters is 2. The zero-order valence-corrected chi connectivity index (χ0v) is 20.3. The van der Waals surface area contributed by atoms with Crippen molar-refractivity contribution in [2.24, 2.45) is 5.41 Å². The fourth-order valence-electron chi connectivity index (χ4n) is 3.72. The van der Waals surface area contributed by atoms with E-state index in [-0.39, 0.29) is 23.7 Å². The summed E-state index contributed by atoms with van der Waals surface area (Å²) in [7, 11) is 1.34. The number of carbonyl (C=O) groups excluding carboxylic acids is 2. The Morgan fingerprint density at radius 1 is 1.00 bits per heavy atom. The standard InChI is InChI=1S/C24H28F3NO7/c1-13-17(20(29)30)19(15-9-7-8-10-16(15)24(25,26)27)18(14(2)28(13)11-33-6)21(31)34-12-35-22(32)23(3,4)5/h7-10,19H,11-12H2,1-6H3,(H,29,30). The van der Waals surface area contributed by atoms with E-state index in [0.29, 0.717) is 0 Å². The highest BCUT2D eigenvalue weighted by molar-refractivity contribution is 5.99. The van der Waals surface area contributed by atoms with Crippen LogP contribution in [-0.2, 0) is 34.8 Å². The van der Waals surface area contributed by atoms with Crippen LogP contribution >= 0.6 is 0 Å². The summed E-state index contributed by atoms with van der Waals surface area (Å²) in [6.07, 6.45) is -4.82. The molecule has 1 aromatic rings. The highest BCUT2D eigenvalue weighted by atomic mass is 19.4. The number of carbonyl (C=O) groups is 3. The molecule has 1 aliphatic rings. The van der Waals surface area contributed by atoms with Crippen molar-refractivity contribution in [3.05, 3.63) is 57.9 Å². The maximum Gasteiger partial charge on any atom is 0.416 e. The van der Waals surface area contributed by atoms with Crippen LogP contribution < -0.4 is 0 Å². The van der Waals surface area contributed by atoms with Crippen molar-refractivity contribution >= 4 is 17.9 Å². The van der Waals surface area contributed by atoms with E-state index in [1.807, 2.05) is 0 Å². The van der Waals surface area contributed by atoms with E-state index in [9.17, 15) is 32.7 Å². The quantitative estimate of drug-likeness (QED) is 0.434. The highest BCUT2D eigenvalue weighted by Gasteiger charge is 2.44. The molecule has 2 rings (SSSR count). The van der Waals surface area contributed by atoms with E-state index in [0.717, 1.165) is 12.1 Å². The van der Waals surface area contributed by atoms with E-state index in [4.69, 9.17) is 14.2 Å². The van der Waals surface area contributed by atoms with Crippen LogP contribution in [0.4, 0.5) is 13.2 Å². The molecule has 1 heterocycles. The van der Waals surface area contributed by atoms with E-state index >= 15 is 0 Å². The lowest BCUT2D eigenvalue weighted by molar-refractivity contribution is -0.171. The second-order valence-corrected chi connectivity index (χ2v) is 8.90. The summed E-state index contributed by atoms with van der Waals surface area (Å²) in [5, 5.41) is 9.99. The fourth-order valence-corrected chi connectivity index (χ4v) is 3.72. The summed E-state index contributed by atoms with van der Waals surface area (Å²) < 4.78 is 56.7. The van der Waals surface area contributed by atoms with Crippen molar-refractivity contribution in [3.8, 4) is 0 Å². The van der Waals surface area contributed by atoms with Crippen molar-refractivity contribution < 1.29 is 46.9 Å². The minimum Gasteiger partial charge on any atom is -0.478 e. The van der Waals surface area contributed by atoms with Crippen molar-refractivity contribution in [1.29, 1.82) is 0 Å². The van der Waals surface area contributed by atoms with Crippen LogP contribution in [0.25, 0.3) is 0 Å². The van der Waals surface area contributed by atoms with Crippen LogP contribution in [0.1, 0.15) is 51.7 Å². The third kappa shape index (κ3) is 6.02. The number of aliphatic carboxylic acids is 1. The maximum atomic E-state index is 13.9. The van der Waals surface area contributed by atoms with Gasteiger partial charge in [0.15, 0.2) is 0 Å². The molecule has 1 N–H and O–H groups in total. The largest absolute Gasteiger partial charge is 0.478 e. The number of rotatable bonds is 7. The van der Waals surface area contributed by atoms with Crippen LogP contribution in [0.5, 0.6) is 0 Å². The van der Waals surface area contributed by atoms with Gasteiger partial charge in [-0.15, -0.1) is 0 Å². The van der Waals surface area contributed by atoms with Crippen LogP contribution in [0.15, 0.2) is 46.8 Å². The highest BCUT2D eigenvalue weighted by Crippen LogP contribution is 2.46. The van der Waals surface area contributed by atoms with Crippen molar-refractivity contribution in [3.63, 3.8) is 0 Å². The Morgan fingerprint density at radius 2 is 1.57 bits per heavy atom. The average molecular weight is 499 g/mol. The molecule has 0 bridgehead atoms. The van der Waals surface area contributed by atoms with Gasteiger partial charge in [0.25, 0.3) is 0 Å². The third-order valence-electron chi connectivity index (χ3n) is 5.44. The summed E-state index contributed by atoms with van der Waals surface area (Å²) >= 11 is 0. The van der Waals surface area contributed by atoms with E-state index < -0.39 is 58.9 Å². The van der Waals surface area contributed by atoms with Gasteiger partial charge in [-0.1, -0.05) is 18.2 Å². The summed E-state index contributed by atoms with van der Waals surface area (Å²) in [6.45, 7) is 6.66. The minimum absolute atomic E-state index is 0.106. The first kappa shape index (κ1) is 27.9. The number of allylic oxidation sites excluding steroid dienone is 2. The van der Waals surface area contributed by atoms with Crippen molar-refractivity contribution in [1.82, 2.24) is 4.90 Å². The predicted octanol–water partition coefficient (Wildman–Crippen LogP) is 4.43. The van der Waals surface area contributed by atoms with Gasteiger partial charge in [0, 0.05) is 18.5 Å². The number of carboxylic acid groups (broad SMARTS) is 1. The molecule has 11 heteroatoms. The molecule has 0 amide bonds. The Morgan fingerprint density at radius 3 is 2.09 bits per heavy atom. The average Bonchev–Trinajstić information content (AvgIpc) is 2.74. The Hall–Kier alpha value is -3.34. The Bertz CT molecular complexity index is 1070. The van der Waals surface area contributed by atoms with Crippen molar-refractivity contribution in [2.45, 2.75) is 46.7 Å². The Kier molecular flexibility index (Phi) is 8.38. The monoisotopic (exact) mass is 499 g/mol. The first-order valence-electron chi connectivity index (χ1n) is 10.5. The first-order valence-corrected chi connectivity index (χ1v) is 10.5. The zero-order chi connectivity index (χ0) is 26.7. The Balaban J connectivity index is 2.66. The number of hydrogen-bond acceptors (Lipinski definition) is 7. The zero-order valence-electron chi connectivity index (χ0n) is 20.3. The number of carboxylic acids is 1. The summed E-state index contributed by atoms with van der Waals surface area (Å²) in [5.74, 6) is -4.91. The molecule has 8 nitrogen and oxygen atoms in total. The lowest BCUT2D eigenvalue weighted by Crippen LogP contribution is -2.36. The predicted molar refractivity (Wildman–Crippen MR) is 117 cm³/mol. The summed E-state index contributed by atoms with van der Waals surface area (Å²) in [4.78, 5) is 38.8. The molecule has 0 saturated heterocycles. The smallest absolute Gasteiger partial charge is 0.416 e. The molecule has 192 valence electrons. The molecular weight excluding hydrogens is 471 g/mol. The Labute approximate surface area is 200 Å². The van der Waals surface area contributed by atoms with Crippen LogP contribution in [0.2, 0.25) is 0 Å². The lowest BCUT2D eigenvalue weighted by atomic mass is 9.78. The molecule has 0 saturated carbocycles. The molecule has 0 fully saturated rings. The summed E-state index contributed by atoms with van der Waals surface area (Å²) in [6, 6.07) is 4.43. The van der Waals surface area contributed by atoms with Gasteiger partial charge in [0.2, 0.25) is 6.79 Å². The SMILES string of the molecule is COCN1C(C)=C(C(=O)O)C(c2ccccc2C(F)(F)F)C(C(=O)OCOC(=O)C(C)(C)C)=C1C.